The van der Waals surface area contributed by atoms with Crippen molar-refractivity contribution in [2.24, 2.45) is 0 Å². The molecule has 2 heteroatoms. The van der Waals surface area contributed by atoms with Gasteiger partial charge in [0, 0.05) is 6.42 Å². The van der Waals surface area contributed by atoms with E-state index in [0.717, 1.165) is 23.3 Å². The van der Waals surface area contributed by atoms with Crippen LogP contribution in [0, 0.1) is 0 Å². The number of fused-ring (bicyclic) bond motifs is 1. The minimum Gasteiger partial charge on any atom is -0.342 e. The van der Waals surface area contributed by atoms with Gasteiger partial charge in [0.05, 0.1) is 11.0 Å². The Morgan fingerprint density at radius 2 is 1.29 bits per heavy atom. The second-order valence-corrected chi connectivity index (χ2v) is 5.43. The molecule has 1 aromatic heterocycles. The molecule has 0 radical (unpaired) electrons. The van der Waals surface area contributed by atoms with Crippen LogP contribution in [0.4, 0.5) is 0 Å². The molecule has 0 bridgehead atoms. The summed E-state index contributed by atoms with van der Waals surface area (Å²) in [5, 5.41) is 0. The Morgan fingerprint density at radius 3 is 1.83 bits per heavy atom. The highest BCUT2D eigenvalue weighted by Crippen LogP contribution is 2.17. The molecule has 3 aromatic carbocycles. The highest BCUT2D eigenvalue weighted by molar-refractivity contribution is 5.74. The quantitative estimate of drug-likeness (QED) is 0.487. The molecule has 0 saturated carbocycles. The number of aromatic amines is 1. The minimum atomic E-state index is 0.800. The van der Waals surface area contributed by atoms with Gasteiger partial charge in [-0.25, -0.2) is 4.98 Å². The zero-order valence-electron chi connectivity index (χ0n) is 13.5. The third kappa shape index (κ3) is 3.99. The third-order valence-corrected chi connectivity index (χ3v) is 3.66. The number of nitrogens with one attached hydrogen (secondary N) is 1. The van der Waals surface area contributed by atoms with Crippen LogP contribution in [0.3, 0.4) is 0 Å². The summed E-state index contributed by atoms with van der Waals surface area (Å²) in [7, 11) is 0. The molecule has 0 spiro atoms. The predicted molar refractivity (Wildman–Crippen MR) is 102 cm³/mol. The second kappa shape index (κ2) is 7.93. The molecule has 0 atom stereocenters. The van der Waals surface area contributed by atoms with Crippen molar-refractivity contribution in [1.82, 2.24) is 9.97 Å². The number of aromatic nitrogens is 2. The predicted octanol–water partition coefficient (Wildman–Crippen LogP) is 5.65. The maximum absolute atomic E-state index is 4.38. The number of H-pyrrole nitrogens is 1. The molecule has 0 unspecified atom stereocenters. The van der Waals surface area contributed by atoms with Gasteiger partial charge in [0.15, 0.2) is 0 Å². The van der Waals surface area contributed by atoms with Crippen LogP contribution >= 0.6 is 0 Å². The molecule has 4 rings (SSSR count). The van der Waals surface area contributed by atoms with Crippen LogP contribution in [0.15, 0.2) is 97.6 Å². The van der Waals surface area contributed by atoms with Crippen molar-refractivity contribution in [2.75, 3.05) is 0 Å². The summed E-state index contributed by atoms with van der Waals surface area (Å²) in [5.74, 6) is 0.978. The van der Waals surface area contributed by atoms with Gasteiger partial charge < -0.3 is 4.98 Å². The van der Waals surface area contributed by atoms with Crippen LogP contribution in [-0.2, 0) is 6.42 Å². The summed E-state index contributed by atoms with van der Waals surface area (Å²) in [5.41, 5.74) is 4.67. The van der Waals surface area contributed by atoms with Crippen molar-refractivity contribution >= 4 is 11.0 Å². The summed E-state index contributed by atoms with van der Waals surface area (Å²) in [6, 6.07) is 28.8. The van der Waals surface area contributed by atoms with Gasteiger partial charge in [0.1, 0.15) is 5.82 Å². The van der Waals surface area contributed by atoms with Crippen LogP contribution in [0.2, 0.25) is 0 Å². The van der Waals surface area contributed by atoms with E-state index in [1.807, 2.05) is 42.5 Å². The Kier molecular flexibility index (Phi) is 5.21. The number of nitrogens with zero attached hydrogens (tertiary/aromatic N) is 1. The third-order valence-electron chi connectivity index (χ3n) is 3.66. The number of hydrogen-bond acceptors (Lipinski definition) is 1. The topological polar surface area (TPSA) is 28.7 Å². The maximum atomic E-state index is 4.38. The van der Waals surface area contributed by atoms with Gasteiger partial charge >= 0.3 is 0 Å². The van der Waals surface area contributed by atoms with Crippen LogP contribution in [0.25, 0.3) is 22.2 Å². The SMILES string of the molecule is C=CCc1nc2ccccc2[nH]1.c1ccc(-c2ccccc2)cc1. The Balaban J connectivity index is 0.000000141. The number of benzene rings is 3. The lowest BCUT2D eigenvalue weighted by Gasteiger charge is -1.98. The summed E-state index contributed by atoms with van der Waals surface area (Å²) >= 11 is 0. The van der Waals surface area contributed by atoms with Crippen LogP contribution < -0.4 is 0 Å². The lowest BCUT2D eigenvalue weighted by Crippen LogP contribution is -1.81. The van der Waals surface area contributed by atoms with Crippen molar-refractivity contribution in [1.29, 1.82) is 0 Å². The van der Waals surface area contributed by atoms with Gasteiger partial charge in [-0.05, 0) is 23.3 Å². The fourth-order valence-electron chi connectivity index (χ4n) is 2.50. The van der Waals surface area contributed by atoms with E-state index in [4.69, 9.17) is 0 Å². The molecule has 2 nitrogen and oxygen atoms in total. The van der Waals surface area contributed by atoms with Crippen molar-refractivity contribution in [3.63, 3.8) is 0 Å². The molecule has 0 amide bonds. The van der Waals surface area contributed by atoms with E-state index in [1.165, 1.54) is 11.1 Å². The summed E-state index contributed by atoms with van der Waals surface area (Å²) < 4.78 is 0. The van der Waals surface area contributed by atoms with Gasteiger partial charge in [0.2, 0.25) is 0 Å². The van der Waals surface area contributed by atoms with Gasteiger partial charge in [0.25, 0.3) is 0 Å². The molecule has 0 aliphatic heterocycles. The molecule has 4 aromatic rings. The molecule has 0 saturated heterocycles. The molecular formula is C22H20N2. The number of rotatable bonds is 3. The van der Waals surface area contributed by atoms with Crippen LogP contribution in [-0.4, -0.2) is 9.97 Å². The highest BCUT2D eigenvalue weighted by atomic mass is 14.9. The van der Waals surface area contributed by atoms with Crippen molar-refractivity contribution in [3.8, 4) is 11.1 Å². The van der Waals surface area contributed by atoms with E-state index in [9.17, 15) is 0 Å². The van der Waals surface area contributed by atoms with E-state index in [2.05, 4.69) is 65.1 Å². The number of para-hydroxylation sites is 2. The van der Waals surface area contributed by atoms with Crippen LogP contribution in [0.1, 0.15) is 5.82 Å². The Bertz CT molecular complexity index is 822. The van der Waals surface area contributed by atoms with E-state index in [-0.39, 0.29) is 0 Å². The number of imidazole rings is 1. The average Bonchev–Trinajstić information content (AvgIpc) is 3.07. The van der Waals surface area contributed by atoms with Gasteiger partial charge in [-0.3, -0.25) is 0 Å². The van der Waals surface area contributed by atoms with Crippen molar-refractivity contribution in [3.05, 3.63) is 103 Å². The van der Waals surface area contributed by atoms with E-state index < -0.39 is 0 Å². The first-order valence-corrected chi connectivity index (χ1v) is 8.02. The lowest BCUT2D eigenvalue weighted by atomic mass is 10.1. The fraction of sp³-hybridized carbons (Fsp3) is 0.0455. The molecule has 0 fully saturated rings. The molecule has 0 aliphatic rings. The first kappa shape index (κ1) is 15.8. The van der Waals surface area contributed by atoms with E-state index in [0.29, 0.717) is 0 Å². The molecule has 1 N–H and O–H groups in total. The average molecular weight is 312 g/mol. The van der Waals surface area contributed by atoms with E-state index >= 15 is 0 Å². The van der Waals surface area contributed by atoms with Crippen molar-refractivity contribution in [2.45, 2.75) is 6.42 Å². The molecule has 118 valence electrons. The van der Waals surface area contributed by atoms with Gasteiger partial charge in [-0.15, -0.1) is 6.58 Å². The lowest BCUT2D eigenvalue weighted by molar-refractivity contribution is 1.07. The van der Waals surface area contributed by atoms with Gasteiger partial charge in [-0.1, -0.05) is 78.9 Å². The van der Waals surface area contributed by atoms with Gasteiger partial charge in [-0.2, -0.15) is 0 Å². The number of allylic oxidation sites excluding steroid dienone is 1. The monoisotopic (exact) mass is 312 g/mol. The Hall–Kier alpha value is -3.13. The largest absolute Gasteiger partial charge is 0.342 e. The smallest absolute Gasteiger partial charge is 0.111 e. The zero-order valence-corrected chi connectivity index (χ0v) is 13.5. The first-order valence-electron chi connectivity index (χ1n) is 8.02. The Labute approximate surface area is 142 Å². The molecule has 1 heterocycles. The van der Waals surface area contributed by atoms with Crippen molar-refractivity contribution < 1.29 is 0 Å². The number of hydrogen-bond donors (Lipinski definition) is 1. The summed E-state index contributed by atoms with van der Waals surface area (Å²) in [4.78, 5) is 7.59. The second-order valence-electron chi connectivity index (χ2n) is 5.43. The molecule has 24 heavy (non-hydrogen) atoms. The molecule has 0 aliphatic carbocycles. The fourth-order valence-corrected chi connectivity index (χ4v) is 2.50. The minimum absolute atomic E-state index is 0.800. The standard InChI is InChI=1S/C12H10.C10H10N2/c1-3-7-11(8-4-1)12-9-5-2-6-10-12;1-2-5-10-11-8-6-3-4-7-9(8)12-10/h1-10H;2-4,6-7H,1,5H2,(H,11,12). The first-order chi connectivity index (χ1) is 11.9. The normalized spacial score (nSPS) is 10.0. The van der Waals surface area contributed by atoms with Crippen LogP contribution in [0.5, 0.6) is 0 Å². The summed E-state index contributed by atoms with van der Waals surface area (Å²) in [6.07, 6.45) is 2.65. The molecular weight excluding hydrogens is 292 g/mol. The maximum Gasteiger partial charge on any atom is 0.111 e. The summed E-state index contributed by atoms with van der Waals surface area (Å²) in [6.45, 7) is 3.67. The van der Waals surface area contributed by atoms with E-state index in [1.54, 1.807) is 0 Å². The zero-order chi connectivity index (χ0) is 16.6. The highest BCUT2D eigenvalue weighted by Gasteiger charge is 1.98. The Morgan fingerprint density at radius 1 is 0.750 bits per heavy atom.